The number of pyridine rings is 2. The number of halogens is 1. The number of carbonyl (C=O) groups excluding carboxylic acids is 1. The molecule has 0 aromatic carbocycles. The summed E-state index contributed by atoms with van der Waals surface area (Å²) >= 11 is 3.15. The fourth-order valence-corrected chi connectivity index (χ4v) is 1.73. The van der Waals surface area contributed by atoms with Gasteiger partial charge in [0.05, 0.1) is 0 Å². The van der Waals surface area contributed by atoms with Crippen LogP contribution in [0, 0.1) is 0 Å². The molecule has 0 aliphatic rings. The SMILES string of the molecule is O=C(Nc1ncccc1C(=O)O)c1cccc(Br)n1. The lowest BCUT2D eigenvalue weighted by atomic mass is 10.2. The largest absolute Gasteiger partial charge is 0.478 e. The normalized spacial score (nSPS) is 9.95. The zero-order valence-corrected chi connectivity index (χ0v) is 11.1. The van der Waals surface area contributed by atoms with E-state index in [4.69, 9.17) is 5.11 Å². The van der Waals surface area contributed by atoms with Gasteiger partial charge in [0, 0.05) is 6.20 Å². The van der Waals surface area contributed by atoms with Crippen LogP contribution < -0.4 is 5.32 Å². The Morgan fingerprint density at radius 3 is 2.68 bits per heavy atom. The third kappa shape index (κ3) is 3.14. The molecule has 0 unspecified atom stereocenters. The Bertz CT molecular complexity index is 646. The molecule has 0 atom stereocenters. The summed E-state index contributed by atoms with van der Waals surface area (Å²) in [4.78, 5) is 30.7. The van der Waals surface area contributed by atoms with E-state index in [1.165, 1.54) is 24.4 Å². The summed E-state index contributed by atoms with van der Waals surface area (Å²) < 4.78 is 0.514. The minimum Gasteiger partial charge on any atom is -0.478 e. The van der Waals surface area contributed by atoms with Crippen molar-refractivity contribution in [1.82, 2.24) is 9.97 Å². The Kier molecular flexibility index (Phi) is 3.86. The highest BCUT2D eigenvalue weighted by atomic mass is 79.9. The Hall–Kier alpha value is -2.28. The first kappa shape index (κ1) is 13.2. The first-order chi connectivity index (χ1) is 9.08. The monoisotopic (exact) mass is 321 g/mol. The lowest BCUT2D eigenvalue weighted by Gasteiger charge is -2.06. The average Bonchev–Trinajstić information content (AvgIpc) is 2.39. The Balaban J connectivity index is 2.27. The van der Waals surface area contributed by atoms with Crippen LogP contribution in [0.2, 0.25) is 0 Å². The number of nitrogens with one attached hydrogen (secondary N) is 1. The summed E-state index contributed by atoms with van der Waals surface area (Å²) in [5.74, 6) is -1.70. The van der Waals surface area contributed by atoms with Crippen LogP contribution in [0.3, 0.4) is 0 Å². The van der Waals surface area contributed by atoms with Crippen molar-refractivity contribution in [2.24, 2.45) is 0 Å². The van der Waals surface area contributed by atoms with Gasteiger partial charge in [0.25, 0.3) is 5.91 Å². The number of carboxylic acid groups (broad SMARTS) is 1. The van der Waals surface area contributed by atoms with E-state index in [0.29, 0.717) is 4.60 Å². The topological polar surface area (TPSA) is 92.2 Å². The second kappa shape index (κ2) is 5.57. The molecule has 0 spiro atoms. The van der Waals surface area contributed by atoms with Crippen molar-refractivity contribution < 1.29 is 14.7 Å². The minimum atomic E-state index is -1.16. The highest BCUT2D eigenvalue weighted by molar-refractivity contribution is 9.10. The van der Waals surface area contributed by atoms with Crippen molar-refractivity contribution in [2.75, 3.05) is 5.32 Å². The van der Waals surface area contributed by atoms with Crippen LogP contribution in [0.4, 0.5) is 5.82 Å². The lowest BCUT2D eigenvalue weighted by Crippen LogP contribution is -2.17. The van der Waals surface area contributed by atoms with Gasteiger partial charge in [-0.2, -0.15) is 0 Å². The first-order valence-electron chi connectivity index (χ1n) is 5.20. The number of hydrogen-bond donors (Lipinski definition) is 2. The molecule has 6 nitrogen and oxygen atoms in total. The van der Waals surface area contributed by atoms with Crippen LogP contribution in [0.5, 0.6) is 0 Å². The number of nitrogens with zero attached hydrogens (tertiary/aromatic N) is 2. The molecule has 2 rings (SSSR count). The van der Waals surface area contributed by atoms with Gasteiger partial charge in [0.2, 0.25) is 0 Å². The number of aromatic nitrogens is 2. The lowest BCUT2D eigenvalue weighted by molar-refractivity contribution is 0.0697. The molecule has 2 heterocycles. The van der Waals surface area contributed by atoms with Gasteiger partial charge in [0.1, 0.15) is 21.7 Å². The van der Waals surface area contributed by atoms with Crippen molar-refractivity contribution >= 4 is 33.6 Å². The molecule has 96 valence electrons. The maximum atomic E-state index is 11.9. The Morgan fingerprint density at radius 2 is 2.00 bits per heavy atom. The average molecular weight is 322 g/mol. The number of aromatic carboxylic acids is 1. The maximum absolute atomic E-state index is 11.9. The van der Waals surface area contributed by atoms with Crippen LogP contribution in [0.15, 0.2) is 41.1 Å². The molecule has 1 amide bonds. The van der Waals surface area contributed by atoms with Gasteiger partial charge in [-0.1, -0.05) is 6.07 Å². The predicted octanol–water partition coefficient (Wildman–Crippen LogP) is 2.19. The number of carbonyl (C=O) groups is 2. The van der Waals surface area contributed by atoms with E-state index in [1.807, 2.05) is 0 Å². The number of hydrogen-bond acceptors (Lipinski definition) is 4. The first-order valence-corrected chi connectivity index (χ1v) is 5.99. The van der Waals surface area contributed by atoms with Gasteiger partial charge in [-0.3, -0.25) is 4.79 Å². The van der Waals surface area contributed by atoms with Gasteiger partial charge in [-0.25, -0.2) is 14.8 Å². The molecule has 0 saturated heterocycles. The highest BCUT2D eigenvalue weighted by Crippen LogP contribution is 2.13. The molecule has 0 bridgehead atoms. The van der Waals surface area contributed by atoms with Gasteiger partial charge < -0.3 is 10.4 Å². The summed E-state index contributed by atoms with van der Waals surface area (Å²) in [5.41, 5.74) is 0.0854. The molecule has 19 heavy (non-hydrogen) atoms. The van der Waals surface area contributed by atoms with Crippen molar-refractivity contribution in [2.45, 2.75) is 0 Å². The summed E-state index contributed by atoms with van der Waals surface area (Å²) in [7, 11) is 0. The zero-order valence-electron chi connectivity index (χ0n) is 9.50. The van der Waals surface area contributed by atoms with Crippen LogP contribution in [-0.4, -0.2) is 27.0 Å². The Labute approximate surface area is 116 Å². The van der Waals surface area contributed by atoms with E-state index in [-0.39, 0.29) is 17.1 Å². The minimum absolute atomic E-state index is 0.0122. The van der Waals surface area contributed by atoms with E-state index < -0.39 is 11.9 Å². The highest BCUT2D eigenvalue weighted by Gasteiger charge is 2.15. The zero-order chi connectivity index (χ0) is 13.8. The second-order valence-corrected chi connectivity index (χ2v) is 4.32. The van der Waals surface area contributed by atoms with Gasteiger partial charge in [-0.05, 0) is 40.2 Å². The molecule has 2 aromatic rings. The predicted molar refractivity (Wildman–Crippen MR) is 71.1 cm³/mol. The molecule has 2 aromatic heterocycles. The van der Waals surface area contributed by atoms with Crippen LogP contribution >= 0.6 is 15.9 Å². The number of amides is 1. The van der Waals surface area contributed by atoms with E-state index in [9.17, 15) is 9.59 Å². The van der Waals surface area contributed by atoms with E-state index >= 15 is 0 Å². The fourth-order valence-electron chi connectivity index (χ4n) is 1.38. The van der Waals surface area contributed by atoms with Crippen LogP contribution in [0.1, 0.15) is 20.8 Å². The van der Waals surface area contributed by atoms with Crippen LogP contribution in [-0.2, 0) is 0 Å². The van der Waals surface area contributed by atoms with Gasteiger partial charge in [0.15, 0.2) is 0 Å². The number of rotatable bonds is 3. The molecule has 0 fully saturated rings. The third-order valence-electron chi connectivity index (χ3n) is 2.22. The second-order valence-electron chi connectivity index (χ2n) is 3.50. The molecule has 2 N–H and O–H groups in total. The summed E-state index contributed by atoms with van der Waals surface area (Å²) in [6.45, 7) is 0. The summed E-state index contributed by atoms with van der Waals surface area (Å²) in [6, 6.07) is 7.70. The third-order valence-corrected chi connectivity index (χ3v) is 2.66. The molecule has 0 radical (unpaired) electrons. The van der Waals surface area contributed by atoms with Crippen LogP contribution in [0.25, 0.3) is 0 Å². The smallest absolute Gasteiger partial charge is 0.339 e. The van der Waals surface area contributed by atoms with Gasteiger partial charge in [-0.15, -0.1) is 0 Å². The number of carboxylic acids is 1. The van der Waals surface area contributed by atoms with Crippen molar-refractivity contribution in [1.29, 1.82) is 0 Å². The fraction of sp³-hybridized carbons (Fsp3) is 0. The molecule has 0 saturated carbocycles. The van der Waals surface area contributed by atoms with E-state index in [0.717, 1.165) is 0 Å². The summed E-state index contributed by atoms with van der Waals surface area (Å²) in [6.07, 6.45) is 1.40. The molecule has 7 heteroatoms. The summed E-state index contributed by atoms with van der Waals surface area (Å²) in [5, 5.41) is 11.4. The number of anilines is 1. The standard InChI is InChI=1S/C12H8BrN3O3/c13-9-5-1-4-8(15-9)11(17)16-10-7(12(18)19)3-2-6-14-10/h1-6H,(H,18,19)(H,14,16,17). The molecule has 0 aliphatic heterocycles. The van der Waals surface area contributed by atoms with Crippen molar-refractivity contribution in [3.05, 3.63) is 52.4 Å². The molecular weight excluding hydrogens is 314 g/mol. The quantitative estimate of drug-likeness (QED) is 0.845. The van der Waals surface area contributed by atoms with Crippen molar-refractivity contribution in [3.63, 3.8) is 0 Å². The van der Waals surface area contributed by atoms with Crippen molar-refractivity contribution in [3.8, 4) is 0 Å². The Morgan fingerprint density at radius 1 is 1.21 bits per heavy atom. The molecule has 0 aliphatic carbocycles. The maximum Gasteiger partial charge on any atom is 0.339 e. The van der Waals surface area contributed by atoms with E-state index in [1.54, 1.807) is 12.1 Å². The van der Waals surface area contributed by atoms with E-state index in [2.05, 4.69) is 31.2 Å². The molecular formula is C12H8BrN3O3. The van der Waals surface area contributed by atoms with Gasteiger partial charge >= 0.3 is 5.97 Å².